The Morgan fingerprint density at radius 1 is 1.33 bits per heavy atom. The zero-order valence-electron chi connectivity index (χ0n) is 9.96. The van der Waals surface area contributed by atoms with Gasteiger partial charge in [0.1, 0.15) is 0 Å². The van der Waals surface area contributed by atoms with Crippen molar-refractivity contribution in [2.45, 2.75) is 31.4 Å². The van der Waals surface area contributed by atoms with Crippen molar-refractivity contribution >= 4 is 15.9 Å². The molecule has 0 amide bonds. The predicted molar refractivity (Wildman–Crippen MR) is 73.3 cm³/mol. The number of hydrogen-bond acceptors (Lipinski definition) is 2. The summed E-state index contributed by atoms with van der Waals surface area (Å²) in [6.07, 6.45) is 6.17. The van der Waals surface area contributed by atoms with E-state index in [0.717, 1.165) is 15.7 Å². The first-order chi connectivity index (χ1) is 8.74. The van der Waals surface area contributed by atoms with Crippen molar-refractivity contribution in [1.29, 1.82) is 0 Å². The van der Waals surface area contributed by atoms with Crippen LogP contribution in [0.25, 0.3) is 0 Å². The van der Waals surface area contributed by atoms with Crippen molar-refractivity contribution in [1.82, 2.24) is 9.55 Å². The standard InChI is InChI=1S/C14H15BrN2O/c15-11-3-1-10(2-4-11)7-14(18)13-8-16-9-17(13)12-5-6-12/h1-4,8-9,12,14,18H,5-7H2. The van der Waals surface area contributed by atoms with E-state index in [-0.39, 0.29) is 0 Å². The molecule has 0 spiro atoms. The molecule has 1 unspecified atom stereocenters. The fourth-order valence-electron chi connectivity index (χ4n) is 2.18. The van der Waals surface area contributed by atoms with Gasteiger partial charge < -0.3 is 9.67 Å². The van der Waals surface area contributed by atoms with Crippen LogP contribution >= 0.6 is 15.9 Å². The summed E-state index contributed by atoms with van der Waals surface area (Å²) in [5.74, 6) is 0. The molecule has 3 rings (SSSR count). The second-order valence-electron chi connectivity index (χ2n) is 4.80. The summed E-state index contributed by atoms with van der Waals surface area (Å²) in [6.45, 7) is 0. The monoisotopic (exact) mass is 306 g/mol. The van der Waals surface area contributed by atoms with E-state index in [1.807, 2.05) is 30.6 Å². The SMILES string of the molecule is OC(Cc1ccc(Br)cc1)c1cncn1C1CC1. The van der Waals surface area contributed by atoms with Gasteiger partial charge in [0.2, 0.25) is 0 Å². The summed E-state index contributed by atoms with van der Waals surface area (Å²) >= 11 is 3.41. The van der Waals surface area contributed by atoms with Gasteiger partial charge in [0.15, 0.2) is 0 Å². The van der Waals surface area contributed by atoms with Crippen molar-refractivity contribution in [3.05, 3.63) is 52.5 Å². The number of hydrogen-bond donors (Lipinski definition) is 1. The van der Waals surface area contributed by atoms with E-state index in [1.54, 1.807) is 6.20 Å². The van der Waals surface area contributed by atoms with E-state index in [1.165, 1.54) is 12.8 Å². The first kappa shape index (κ1) is 11.9. The molecule has 1 fully saturated rings. The Morgan fingerprint density at radius 2 is 2.06 bits per heavy atom. The molecule has 1 atom stereocenters. The zero-order chi connectivity index (χ0) is 12.5. The number of aliphatic hydroxyl groups excluding tert-OH is 1. The van der Waals surface area contributed by atoms with Crippen LogP contribution < -0.4 is 0 Å². The zero-order valence-corrected chi connectivity index (χ0v) is 11.5. The molecule has 3 nitrogen and oxygen atoms in total. The third-order valence-electron chi connectivity index (χ3n) is 3.32. The van der Waals surface area contributed by atoms with Crippen LogP contribution in [0.1, 0.15) is 36.2 Å². The van der Waals surface area contributed by atoms with Crippen LogP contribution in [0.3, 0.4) is 0 Å². The van der Waals surface area contributed by atoms with Crippen molar-refractivity contribution in [3.8, 4) is 0 Å². The minimum atomic E-state index is -0.478. The largest absolute Gasteiger partial charge is 0.386 e. The highest BCUT2D eigenvalue weighted by molar-refractivity contribution is 9.10. The molecule has 0 radical (unpaired) electrons. The van der Waals surface area contributed by atoms with Gasteiger partial charge in [0.05, 0.1) is 24.3 Å². The van der Waals surface area contributed by atoms with Crippen molar-refractivity contribution in [3.63, 3.8) is 0 Å². The Balaban J connectivity index is 1.75. The van der Waals surface area contributed by atoms with Crippen LogP contribution in [0, 0.1) is 0 Å². The molecule has 1 aliphatic rings. The molecule has 94 valence electrons. The molecule has 4 heteroatoms. The van der Waals surface area contributed by atoms with Crippen LogP contribution in [-0.4, -0.2) is 14.7 Å². The van der Waals surface area contributed by atoms with Gasteiger partial charge in [-0.25, -0.2) is 4.98 Å². The third kappa shape index (κ3) is 2.49. The quantitative estimate of drug-likeness (QED) is 0.941. The van der Waals surface area contributed by atoms with E-state index >= 15 is 0 Å². The molecule has 0 aliphatic heterocycles. The summed E-state index contributed by atoms with van der Waals surface area (Å²) in [5.41, 5.74) is 2.06. The van der Waals surface area contributed by atoms with E-state index in [0.29, 0.717) is 12.5 Å². The Bertz CT molecular complexity index is 531. The van der Waals surface area contributed by atoms with Gasteiger partial charge in [0.25, 0.3) is 0 Å². The summed E-state index contributed by atoms with van der Waals surface area (Å²) in [7, 11) is 0. The Kier molecular flexibility index (Phi) is 3.22. The number of imidazole rings is 1. The normalized spacial score (nSPS) is 16.8. The van der Waals surface area contributed by atoms with Crippen molar-refractivity contribution in [2.24, 2.45) is 0 Å². The minimum absolute atomic E-state index is 0.478. The molecule has 0 saturated heterocycles. The van der Waals surface area contributed by atoms with Gasteiger partial charge in [-0.15, -0.1) is 0 Å². The second-order valence-corrected chi connectivity index (χ2v) is 5.72. The van der Waals surface area contributed by atoms with Crippen LogP contribution in [0.2, 0.25) is 0 Å². The number of rotatable bonds is 4. The molecule has 1 N–H and O–H groups in total. The van der Waals surface area contributed by atoms with E-state index in [4.69, 9.17) is 0 Å². The Labute approximate surface area is 115 Å². The fourth-order valence-corrected chi connectivity index (χ4v) is 2.44. The molecule has 0 bridgehead atoms. The Morgan fingerprint density at radius 3 is 2.72 bits per heavy atom. The highest BCUT2D eigenvalue weighted by Crippen LogP contribution is 2.37. The number of aliphatic hydroxyl groups is 1. The van der Waals surface area contributed by atoms with Crippen LogP contribution in [-0.2, 0) is 6.42 Å². The maximum absolute atomic E-state index is 10.3. The van der Waals surface area contributed by atoms with Gasteiger partial charge in [-0.3, -0.25) is 0 Å². The number of aromatic nitrogens is 2. The van der Waals surface area contributed by atoms with Gasteiger partial charge in [-0.1, -0.05) is 28.1 Å². The maximum Gasteiger partial charge on any atom is 0.0996 e. The Hall–Kier alpha value is -1.13. The summed E-state index contributed by atoms with van der Waals surface area (Å²) in [4.78, 5) is 4.16. The van der Waals surface area contributed by atoms with E-state index in [9.17, 15) is 5.11 Å². The smallest absolute Gasteiger partial charge is 0.0996 e. The first-order valence-electron chi connectivity index (χ1n) is 6.18. The lowest BCUT2D eigenvalue weighted by atomic mass is 10.1. The molecule has 2 aromatic rings. The van der Waals surface area contributed by atoms with Crippen LogP contribution in [0.4, 0.5) is 0 Å². The summed E-state index contributed by atoms with van der Waals surface area (Å²) < 4.78 is 3.17. The molecule has 1 aliphatic carbocycles. The molecule has 1 aromatic heterocycles. The molecular formula is C14H15BrN2O. The van der Waals surface area contributed by atoms with Gasteiger partial charge >= 0.3 is 0 Å². The molecule has 1 saturated carbocycles. The fraction of sp³-hybridized carbons (Fsp3) is 0.357. The molecule has 18 heavy (non-hydrogen) atoms. The third-order valence-corrected chi connectivity index (χ3v) is 3.85. The highest BCUT2D eigenvalue weighted by atomic mass is 79.9. The lowest BCUT2D eigenvalue weighted by Gasteiger charge is -2.13. The minimum Gasteiger partial charge on any atom is -0.386 e. The lowest BCUT2D eigenvalue weighted by Crippen LogP contribution is -2.08. The van der Waals surface area contributed by atoms with Gasteiger partial charge in [-0.2, -0.15) is 0 Å². The van der Waals surface area contributed by atoms with Gasteiger partial charge in [-0.05, 0) is 30.5 Å². The maximum atomic E-state index is 10.3. The van der Waals surface area contributed by atoms with Crippen molar-refractivity contribution < 1.29 is 5.11 Å². The number of benzene rings is 1. The molecule has 1 heterocycles. The van der Waals surface area contributed by atoms with E-state index < -0.39 is 6.10 Å². The molecular weight excluding hydrogens is 292 g/mol. The van der Waals surface area contributed by atoms with Crippen molar-refractivity contribution in [2.75, 3.05) is 0 Å². The average molecular weight is 307 g/mol. The topological polar surface area (TPSA) is 38.1 Å². The van der Waals surface area contributed by atoms with Gasteiger partial charge in [0, 0.05) is 16.9 Å². The van der Waals surface area contributed by atoms with Crippen LogP contribution in [0.5, 0.6) is 0 Å². The average Bonchev–Trinajstić information content (AvgIpc) is 3.09. The van der Waals surface area contributed by atoms with E-state index in [2.05, 4.69) is 25.5 Å². The van der Waals surface area contributed by atoms with Crippen LogP contribution in [0.15, 0.2) is 41.3 Å². The number of halogens is 1. The summed E-state index contributed by atoms with van der Waals surface area (Å²) in [6, 6.07) is 8.62. The second kappa shape index (κ2) is 4.86. The lowest BCUT2D eigenvalue weighted by molar-refractivity contribution is 0.168. The first-order valence-corrected chi connectivity index (χ1v) is 6.97. The number of nitrogens with zero attached hydrogens (tertiary/aromatic N) is 2. The highest BCUT2D eigenvalue weighted by Gasteiger charge is 2.27. The predicted octanol–water partition coefficient (Wildman–Crippen LogP) is 3.26. The molecule has 1 aromatic carbocycles. The summed E-state index contributed by atoms with van der Waals surface area (Å²) in [5, 5.41) is 10.3.